The van der Waals surface area contributed by atoms with Gasteiger partial charge in [0.15, 0.2) is 0 Å². The number of benzene rings is 2. The zero-order valence-corrected chi connectivity index (χ0v) is 17.3. The van der Waals surface area contributed by atoms with Crippen LogP contribution in [0.15, 0.2) is 60.7 Å². The monoisotopic (exact) mass is 407 g/mol. The molecule has 1 amide bonds. The summed E-state index contributed by atoms with van der Waals surface area (Å²) < 4.78 is 15.6. The highest BCUT2D eigenvalue weighted by Crippen LogP contribution is 2.26. The standard InChI is InChI=1S/C23H25N3O4/c1-28-13-12-24-22-20(23(27)25-17-7-5-9-19(15-17)30-3)10-11-21(26-22)16-6-4-8-18(14-16)29-2/h4-11,14-15H,12-13H2,1-3H3,(H,24,26)(H,25,27). The minimum atomic E-state index is -0.270. The van der Waals surface area contributed by atoms with Gasteiger partial charge in [-0.2, -0.15) is 0 Å². The number of hydrogen-bond donors (Lipinski definition) is 2. The molecule has 0 bridgehead atoms. The Morgan fingerprint density at radius 1 is 0.933 bits per heavy atom. The summed E-state index contributed by atoms with van der Waals surface area (Å²) in [7, 11) is 4.83. The third kappa shape index (κ3) is 5.27. The van der Waals surface area contributed by atoms with Gasteiger partial charge >= 0.3 is 0 Å². The van der Waals surface area contributed by atoms with Crippen molar-refractivity contribution in [1.29, 1.82) is 0 Å². The first kappa shape index (κ1) is 21.1. The van der Waals surface area contributed by atoms with Gasteiger partial charge in [-0.15, -0.1) is 0 Å². The molecule has 2 aromatic carbocycles. The number of methoxy groups -OCH3 is 3. The lowest BCUT2D eigenvalue weighted by Crippen LogP contribution is -2.18. The lowest BCUT2D eigenvalue weighted by atomic mass is 10.1. The number of amides is 1. The minimum Gasteiger partial charge on any atom is -0.497 e. The second-order valence-corrected chi connectivity index (χ2v) is 6.43. The number of ether oxygens (including phenoxy) is 3. The van der Waals surface area contributed by atoms with Crippen LogP contribution in [-0.2, 0) is 4.74 Å². The zero-order valence-electron chi connectivity index (χ0n) is 17.3. The van der Waals surface area contributed by atoms with Crippen LogP contribution in [0.3, 0.4) is 0 Å². The summed E-state index contributed by atoms with van der Waals surface area (Å²) in [6.45, 7) is 1.01. The molecule has 1 heterocycles. The van der Waals surface area contributed by atoms with E-state index in [4.69, 9.17) is 14.2 Å². The molecule has 0 unspecified atom stereocenters. The number of carbonyl (C=O) groups is 1. The molecule has 3 rings (SSSR count). The lowest BCUT2D eigenvalue weighted by molar-refractivity contribution is 0.102. The van der Waals surface area contributed by atoms with E-state index < -0.39 is 0 Å². The van der Waals surface area contributed by atoms with E-state index in [1.54, 1.807) is 39.5 Å². The number of hydrogen-bond acceptors (Lipinski definition) is 6. The van der Waals surface area contributed by atoms with Crippen molar-refractivity contribution in [2.45, 2.75) is 0 Å². The predicted molar refractivity (Wildman–Crippen MR) is 118 cm³/mol. The van der Waals surface area contributed by atoms with Gasteiger partial charge in [-0.05, 0) is 36.4 Å². The van der Waals surface area contributed by atoms with Crippen molar-refractivity contribution in [3.05, 3.63) is 66.2 Å². The van der Waals surface area contributed by atoms with Crippen LogP contribution in [0.4, 0.5) is 11.5 Å². The molecule has 1 aromatic heterocycles. The fraction of sp³-hybridized carbons (Fsp3) is 0.217. The first-order valence-corrected chi connectivity index (χ1v) is 9.48. The van der Waals surface area contributed by atoms with Gasteiger partial charge < -0.3 is 24.8 Å². The Kier molecular flexibility index (Phi) is 7.24. The van der Waals surface area contributed by atoms with Crippen LogP contribution in [0.25, 0.3) is 11.3 Å². The molecule has 0 saturated carbocycles. The summed E-state index contributed by atoms with van der Waals surface area (Å²) in [5.74, 6) is 1.61. The maximum Gasteiger partial charge on any atom is 0.259 e. The highest BCUT2D eigenvalue weighted by atomic mass is 16.5. The van der Waals surface area contributed by atoms with Crippen LogP contribution in [0.2, 0.25) is 0 Å². The number of anilines is 2. The van der Waals surface area contributed by atoms with E-state index in [-0.39, 0.29) is 5.91 Å². The number of nitrogens with one attached hydrogen (secondary N) is 2. The third-order valence-electron chi connectivity index (χ3n) is 4.43. The Hall–Kier alpha value is -3.58. The molecule has 3 aromatic rings. The van der Waals surface area contributed by atoms with Crippen LogP contribution in [0.5, 0.6) is 11.5 Å². The van der Waals surface area contributed by atoms with Gasteiger partial charge in [-0.25, -0.2) is 4.98 Å². The Morgan fingerprint density at radius 2 is 1.67 bits per heavy atom. The van der Waals surface area contributed by atoms with Gasteiger partial charge in [0.1, 0.15) is 17.3 Å². The van der Waals surface area contributed by atoms with Gasteiger partial charge in [0, 0.05) is 31.0 Å². The summed E-state index contributed by atoms with van der Waals surface area (Å²) in [5.41, 5.74) is 2.69. The number of rotatable bonds is 9. The van der Waals surface area contributed by atoms with Crippen molar-refractivity contribution in [1.82, 2.24) is 4.98 Å². The first-order chi connectivity index (χ1) is 14.6. The average Bonchev–Trinajstić information content (AvgIpc) is 2.79. The summed E-state index contributed by atoms with van der Waals surface area (Å²) >= 11 is 0. The van der Waals surface area contributed by atoms with Crippen LogP contribution >= 0.6 is 0 Å². The Labute approximate surface area is 176 Å². The molecule has 0 saturated heterocycles. The summed E-state index contributed by atoms with van der Waals surface area (Å²) in [6.07, 6.45) is 0. The van der Waals surface area contributed by atoms with E-state index >= 15 is 0 Å². The first-order valence-electron chi connectivity index (χ1n) is 9.48. The topological polar surface area (TPSA) is 81.7 Å². The molecule has 156 valence electrons. The lowest BCUT2D eigenvalue weighted by Gasteiger charge is -2.14. The quantitative estimate of drug-likeness (QED) is 0.520. The van der Waals surface area contributed by atoms with Crippen molar-refractivity contribution in [2.75, 3.05) is 45.1 Å². The Morgan fingerprint density at radius 3 is 2.40 bits per heavy atom. The second-order valence-electron chi connectivity index (χ2n) is 6.43. The Bertz CT molecular complexity index is 1010. The molecule has 0 radical (unpaired) electrons. The summed E-state index contributed by atoms with van der Waals surface area (Å²) in [6, 6.07) is 18.4. The van der Waals surface area contributed by atoms with E-state index in [2.05, 4.69) is 15.6 Å². The molecule has 7 nitrogen and oxygen atoms in total. The van der Waals surface area contributed by atoms with Gasteiger partial charge in [-0.3, -0.25) is 4.79 Å². The highest BCUT2D eigenvalue weighted by molar-refractivity contribution is 6.07. The molecule has 0 aliphatic carbocycles. The molecule has 7 heteroatoms. The molecule has 2 N–H and O–H groups in total. The normalized spacial score (nSPS) is 10.4. The Balaban J connectivity index is 1.90. The fourth-order valence-corrected chi connectivity index (χ4v) is 2.89. The van der Waals surface area contributed by atoms with Crippen molar-refractivity contribution < 1.29 is 19.0 Å². The van der Waals surface area contributed by atoms with Gasteiger partial charge in [0.25, 0.3) is 5.91 Å². The smallest absolute Gasteiger partial charge is 0.259 e. The zero-order chi connectivity index (χ0) is 21.3. The van der Waals surface area contributed by atoms with Crippen molar-refractivity contribution in [3.63, 3.8) is 0 Å². The predicted octanol–water partition coefficient (Wildman–Crippen LogP) is 4.08. The maximum atomic E-state index is 12.9. The van der Waals surface area contributed by atoms with Crippen LogP contribution in [-0.4, -0.2) is 45.4 Å². The van der Waals surface area contributed by atoms with E-state index in [1.807, 2.05) is 42.5 Å². The highest BCUT2D eigenvalue weighted by Gasteiger charge is 2.15. The summed E-state index contributed by atoms with van der Waals surface area (Å²) in [5, 5.41) is 6.08. The van der Waals surface area contributed by atoms with Crippen LogP contribution in [0, 0.1) is 0 Å². The molecular formula is C23H25N3O4. The minimum absolute atomic E-state index is 0.270. The maximum absolute atomic E-state index is 12.9. The van der Waals surface area contributed by atoms with Crippen molar-refractivity contribution in [3.8, 4) is 22.8 Å². The number of carbonyl (C=O) groups excluding carboxylic acids is 1. The fourth-order valence-electron chi connectivity index (χ4n) is 2.89. The van der Waals surface area contributed by atoms with Crippen LogP contribution in [0.1, 0.15) is 10.4 Å². The molecule has 0 aliphatic heterocycles. The van der Waals surface area contributed by atoms with Crippen molar-refractivity contribution in [2.24, 2.45) is 0 Å². The van der Waals surface area contributed by atoms with E-state index in [9.17, 15) is 4.79 Å². The number of nitrogens with zero attached hydrogens (tertiary/aromatic N) is 1. The second kappa shape index (κ2) is 10.3. The molecule has 0 fully saturated rings. The number of aromatic nitrogens is 1. The van der Waals surface area contributed by atoms with Gasteiger partial charge in [0.05, 0.1) is 32.1 Å². The van der Waals surface area contributed by atoms with E-state index in [1.165, 1.54) is 0 Å². The SMILES string of the molecule is COCCNc1nc(-c2cccc(OC)c2)ccc1C(=O)Nc1cccc(OC)c1. The van der Waals surface area contributed by atoms with E-state index in [0.29, 0.717) is 36.0 Å². The molecule has 0 spiro atoms. The van der Waals surface area contributed by atoms with Crippen LogP contribution < -0.4 is 20.1 Å². The number of pyridine rings is 1. The van der Waals surface area contributed by atoms with Crippen molar-refractivity contribution >= 4 is 17.4 Å². The third-order valence-corrected chi connectivity index (χ3v) is 4.43. The molecule has 30 heavy (non-hydrogen) atoms. The summed E-state index contributed by atoms with van der Waals surface area (Å²) in [4.78, 5) is 17.6. The molecular weight excluding hydrogens is 382 g/mol. The van der Waals surface area contributed by atoms with Gasteiger partial charge in [-0.1, -0.05) is 18.2 Å². The van der Waals surface area contributed by atoms with E-state index in [0.717, 1.165) is 17.0 Å². The average molecular weight is 407 g/mol. The molecule has 0 atom stereocenters. The largest absolute Gasteiger partial charge is 0.497 e. The molecule has 0 aliphatic rings. The van der Waals surface area contributed by atoms with Gasteiger partial charge in [0.2, 0.25) is 0 Å².